The van der Waals surface area contributed by atoms with E-state index in [1.165, 1.54) is 12.1 Å². The van der Waals surface area contributed by atoms with Gasteiger partial charge in [0, 0.05) is 24.2 Å². The first kappa shape index (κ1) is 13.1. The lowest BCUT2D eigenvalue weighted by Crippen LogP contribution is -2.13. The molecular formula is C15H12FN3O2. The molecular weight excluding hydrogens is 273 g/mol. The zero-order valence-corrected chi connectivity index (χ0v) is 11.2. The number of hydrogen-bond donors (Lipinski definition) is 2. The number of hydrogen-bond acceptors (Lipinski definition) is 3. The van der Waals surface area contributed by atoms with E-state index in [1.807, 2.05) is 18.2 Å². The predicted octanol–water partition coefficient (Wildman–Crippen LogP) is 2.67. The largest absolute Gasteiger partial charge is 0.505 e. The molecule has 1 aromatic heterocycles. The van der Waals surface area contributed by atoms with E-state index in [4.69, 9.17) is 5.11 Å². The minimum atomic E-state index is -0.793. The summed E-state index contributed by atoms with van der Waals surface area (Å²) in [6.07, 6.45) is 0. The molecule has 1 heterocycles. The molecule has 0 aliphatic rings. The maximum absolute atomic E-state index is 13.3. The highest BCUT2D eigenvalue weighted by Gasteiger charge is 2.16. The van der Waals surface area contributed by atoms with Gasteiger partial charge in [-0.15, -0.1) is 0 Å². The van der Waals surface area contributed by atoms with Crippen LogP contribution < -0.4 is 5.32 Å². The zero-order valence-electron chi connectivity index (χ0n) is 11.2. The molecule has 0 fully saturated rings. The van der Waals surface area contributed by atoms with Gasteiger partial charge in [-0.1, -0.05) is 18.2 Å². The van der Waals surface area contributed by atoms with Gasteiger partial charge in [0.2, 0.25) is 0 Å². The van der Waals surface area contributed by atoms with Crippen molar-refractivity contribution in [3.05, 3.63) is 54.0 Å². The van der Waals surface area contributed by atoms with Crippen molar-refractivity contribution in [3.8, 4) is 5.75 Å². The number of nitrogens with one attached hydrogen (secondary N) is 1. The number of aromatic nitrogens is 2. The van der Waals surface area contributed by atoms with Crippen LogP contribution in [0.25, 0.3) is 10.9 Å². The van der Waals surface area contributed by atoms with Gasteiger partial charge in [-0.3, -0.25) is 9.48 Å². The molecule has 2 N–H and O–H groups in total. The first-order valence-corrected chi connectivity index (χ1v) is 6.28. The molecule has 5 nitrogen and oxygen atoms in total. The third kappa shape index (κ3) is 2.31. The monoisotopic (exact) mass is 285 g/mol. The molecule has 0 unspecified atom stereocenters. The summed E-state index contributed by atoms with van der Waals surface area (Å²) >= 11 is 0. The molecule has 2 aromatic carbocycles. The second-order valence-corrected chi connectivity index (χ2v) is 4.61. The van der Waals surface area contributed by atoms with Gasteiger partial charge >= 0.3 is 0 Å². The fourth-order valence-electron chi connectivity index (χ4n) is 2.16. The van der Waals surface area contributed by atoms with E-state index in [0.29, 0.717) is 0 Å². The zero-order chi connectivity index (χ0) is 15.0. The number of carbonyl (C=O) groups excluding carboxylic acids is 1. The van der Waals surface area contributed by atoms with Crippen LogP contribution in [0, 0.1) is 5.82 Å². The van der Waals surface area contributed by atoms with Crippen molar-refractivity contribution < 1.29 is 14.3 Å². The maximum Gasteiger partial charge on any atom is 0.276 e. The number of aryl methyl sites for hydroxylation is 1. The highest BCUT2D eigenvalue weighted by Crippen LogP contribution is 2.22. The van der Waals surface area contributed by atoms with Gasteiger partial charge in [0.25, 0.3) is 5.91 Å². The molecule has 0 aliphatic carbocycles. The van der Waals surface area contributed by atoms with Crippen LogP contribution in [-0.2, 0) is 7.05 Å². The molecule has 21 heavy (non-hydrogen) atoms. The number of anilines is 1. The Morgan fingerprint density at radius 1 is 1.29 bits per heavy atom. The van der Waals surface area contributed by atoms with Gasteiger partial charge in [-0.25, -0.2) is 4.39 Å². The molecule has 0 aliphatic heterocycles. The number of halogens is 1. The Morgan fingerprint density at radius 2 is 2.05 bits per heavy atom. The number of benzene rings is 2. The fraction of sp³-hybridized carbons (Fsp3) is 0.0667. The summed E-state index contributed by atoms with van der Waals surface area (Å²) in [4.78, 5) is 12.3. The van der Waals surface area contributed by atoms with Gasteiger partial charge < -0.3 is 10.4 Å². The van der Waals surface area contributed by atoms with Crippen molar-refractivity contribution in [2.45, 2.75) is 0 Å². The molecule has 3 rings (SSSR count). The lowest BCUT2D eigenvalue weighted by Gasteiger charge is -2.04. The Kier molecular flexibility index (Phi) is 3.06. The van der Waals surface area contributed by atoms with Crippen LogP contribution in [0.3, 0.4) is 0 Å². The first-order valence-electron chi connectivity index (χ1n) is 6.28. The lowest BCUT2D eigenvalue weighted by atomic mass is 10.2. The molecule has 0 bridgehead atoms. The molecule has 6 heteroatoms. The van der Waals surface area contributed by atoms with Crippen LogP contribution in [0.5, 0.6) is 5.75 Å². The van der Waals surface area contributed by atoms with Crippen LogP contribution in [0.2, 0.25) is 0 Å². The van der Waals surface area contributed by atoms with Crippen LogP contribution in [-0.4, -0.2) is 20.8 Å². The van der Waals surface area contributed by atoms with Crippen molar-refractivity contribution >= 4 is 22.5 Å². The summed E-state index contributed by atoms with van der Waals surface area (Å²) in [5.41, 5.74) is 1.35. The molecule has 106 valence electrons. The predicted molar refractivity (Wildman–Crippen MR) is 76.7 cm³/mol. The molecule has 0 saturated heterocycles. The summed E-state index contributed by atoms with van der Waals surface area (Å²) in [5.74, 6) is -1.69. The number of nitrogens with zero attached hydrogens (tertiary/aromatic N) is 2. The maximum atomic E-state index is 13.3. The van der Waals surface area contributed by atoms with Crippen molar-refractivity contribution in [1.82, 2.24) is 9.78 Å². The number of rotatable bonds is 2. The topological polar surface area (TPSA) is 67.2 Å². The summed E-state index contributed by atoms with van der Waals surface area (Å²) in [7, 11) is 1.75. The summed E-state index contributed by atoms with van der Waals surface area (Å²) < 4.78 is 14.9. The van der Waals surface area contributed by atoms with E-state index in [1.54, 1.807) is 17.8 Å². The minimum Gasteiger partial charge on any atom is -0.505 e. The van der Waals surface area contributed by atoms with Crippen LogP contribution in [0.1, 0.15) is 10.5 Å². The van der Waals surface area contributed by atoms with E-state index < -0.39 is 17.5 Å². The van der Waals surface area contributed by atoms with Gasteiger partial charge in [0.15, 0.2) is 17.3 Å². The summed E-state index contributed by atoms with van der Waals surface area (Å²) in [6.45, 7) is 0. The lowest BCUT2D eigenvalue weighted by molar-refractivity contribution is 0.102. The fourth-order valence-corrected chi connectivity index (χ4v) is 2.16. The SMILES string of the molecule is Cn1nc(C(=O)Nc2ccc(O)c(F)c2)c2ccccc21. The number of para-hydroxylation sites is 1. The van der Waals surface area contributed by atoms with Crippen LogP contribution >= 0.6 is 0 Å². The second-order valence-electron chi connectivity index (χ2n) is 4.61. The Morgan fingerprint density at radius 3 is 2.81 bits per heavy atom. The van der Waals surface area contributed by atoms with E-state index in [9.17, 15) is 9.18 Å². The standard InChI is InChI=1S/C15H12FN3O2/c1-19-12-5-3-2-4-10(12)14(18-19)15(21)17-9-6-7-13(20)11(16)8-9/h2-8,20H,1H3,(H,17,21). The highest BCUT2D eigenvalue weighted by molar-refractivity contribution is 6.11. The molecule has 0 spiro atoms. The van der Waals surface area contributed by atoms with Gasteiger partial charge in [0.05, 0.1) is 5.52 Å². The molecule has 3 aromatic rings. The van der Waals surface area contributed by atoms with Gasteiger partial charge in [-0.2, -0.15) is 5.10 Å². The van der Waals surface area contributed by atoms with E-state index in [2.05, 4.69) is 10.4 Å². The third-order valence-electron chi connectivity index (χ3n) is 3.18. The van der Waals surface area contributed by atoms with Gasteiger partial charge in [-0.05, 0) is 18.2 Å². The van der Waals surface area contributed by atoms with Crippen molar-refractivity contribution in [2.75, 3.05) is 5.32 Å². The normalized spacial score (nSPS) is 10.8. The van der Waals surface area contributed by atoms with Gasteiger partial charge in [0.1, 0.15) is 0 Å². The number of phenols is 1. The number of phenolic OH excluding ortho intramolecular Hbond substituents is 1. The second kappa shape index (κ2) is 4.90. The Bertz CT molecular complexity index is 842. The summed E-state index contributed by atoms with van der Waals surface area (Å²) in [6, 6.07) is 11.0. The van der Waals surface area contributed by atoms with Crippen molar-refractivity contribution in [2.24, 2.45) is 7.05 Å². The van der Waals surface area contributed by atoms with Crippen molar-refractivity contribution in [1.29, 1.82) is 0 Å². The summed E-state index contributed by atoms with van der Waals surface area (Å²) in [5, 5.41) is 16.6. The van der Waals surface area contributed by atoms with Crippen LogP contribution in [0.4, 0.5) is 10.1 Å². The van der Waals surface area contributed by atoms with Crippen molar-refractivity contribution in [3.63, 3.8) is 0 Å². The minimum absolute atomic E-state index is 0.255. The number of fused-ring (bicyclic) bond motifs is 1. The van der Waals surface area contributed by atoms with E-state index in [0.717, 1.165) is 17.0 Å². The smallest absolute Gasteiger partial charge is 0.276 e. The number of carbonyl (C=O) groups is 1. The average molecular weight is 285 g/mol. The highest BCUT2D eigenvalue weighted by atomic mass is 19.1. The number of aromatic hydroxyl groups is 1. The Hall–Kier alpha value is -2.89. The molecule has 1 amide bonds. The Balaban J connectivity index is 1.95. The molecule has 0 saturated carbocycles. The Labute approximate surface area is 119 Å². The molecule has 0 radical (unpaired) electrons. The van der Waals surface area contributed by atoms with E-state index in [-0.39, 0.29) is 11.4 Å². The average Bonchev–Trinajstić information content (AvgIpc) is 2.81. The van der Waals surface area contributed by atoms with E-state index >= 15 is 0 Å². The number of amides is 1. The first-order chi connectivity index (χ1) is 10.1. The van der Waals surface area contributed by atoms with Crippen LogP contribution in [0.15, 0.2) is 42.5 Å². The molecule has 0 atom stereocenters. The third-order valence-corrected chi connectivity index (χ3v) is 3.18. The quantitative estimate of drug-likeness (QED) is 0.711.